The van der Waals surface area contributed by atoms with E-state index in [9.17, 15) is 9.50 Å². The van der Waals surface area contributed by atoms with Gasteiger partial charge in [0, 0.05) is 43.2 Å². The monoisotopic (exact) mass is 262 g/mol. The van der Waals surface area contributed by atoms with Crippen LogP contribution in [0, 0.1) is 5.82 Å². The van der Waals surface area contributed by atoms with Crippen molar-refractivity contribution in [2.45, 2.75) is 26.3 Å². The van der Waals surface area contributed by atoms with Gasteiger partial charge in [0.05, 0.1) is 5.52 Å². The van der Waals surface area contributed by atoms with Crippen LogP contribution in [0.3, 0.4) is 0 Å². The largest absolute Gasteiger partial charge is 0.506 e. The Hall–Kier alpha value is -1.55. The molecular formula is C15H19FN2O. The molecule has 1 aliphatic rings. The Morgan fingerprint density at radius 1 is 1.26 bits per heavy atom. The standard InChI is InChI=1S/C15H19FN2O/c1-3-11-12-8-10(16)9-14(19)15(12)18-7-6-17(2)5-4-13(11)18/h8-9,19H,3-7H2,1-2H3. The summed E-state index contributed by atoms with van der Waals surface area (Å²) in [6.07, 6.45) is 1.82. The Morgan fingerprint density at radius 3 is 2.79 bits per heavy atom. The lowest BCUT2D eigenvalue weighted by atomic mass is 10.1. The summed E-state index contributed by atoms with van der Waals surface area (Å²) in [5.74, 6) is -0.307. The number of rotatable bonds is 1. The highest BCUT2D eigenvalue weighted by Crippen LogP contribution is 2.34. The molecule has 1 aromatic carbocycles. The maximum absolute atomic E-state index is 13.5. The maximum atomic E-state index is 13.5. The van der Waals surface area contributed by atoms with Crippen LogP contribution < -0.4 is 0 Å². The van der Waals surface area contributed by atoms with E-state index in [1.54, 1.807) is 6.07 Å². The topological polar surface area (TPSA) is 28.4 Å². The normalized spacial score (nSPS) is 16.6. The van der Waals surface area contributed by atoms with Gasteiger partial charge in [-0.2, -0.15) is 0 Å². The van der Waals surface area contributed by atoms with E-state index in [-0.39, 0.29) is 11.6 Å². The van der Waals surface area contributed by atoms with Crippen molar-refractivity contribution in [3.05, 3.63) is 29.2 Å². The van der Waals surface area contributed by atoms with Crippen molar-refractivity contribution in [1.82, 2.24) is 9.47 Å². The smallest absolute Gasteiger partial charge is 0.142 e. The van der Waals surface area contributed by atoms with Gasteiger partial charge in [0.25, 0.3) is 0 Å². The molecule has 0 amide bonds. The van der Waals surface area contributed by atoms with Gasteiger partial charge in [0.2, 0.25) is 0 Å². The molecular weight excluding hydrogens is 243 g/mol. The summed E-state index contributed by atoms with van der Waals surface area (Å²) in [7, 11) is 2.11. The van der Waals surface area contributed by atoms with Crippen LogP contribution in [0.2, 0.25) is 0 Å². The third-order valence-corrected chi connectivity index (χ3v) is 4.11. The zero-order valence-corrected chi connectivity index (χ0v) is 11.4. The average Bonchev–Trinajstić information content (AvgIpc) is 2.54. The molecule has 4 heteroatoms. The number of aromatic hydroxyl groups is 1. The highest BCUT2D eigenvalue weighted by molar-refractivity contribution is 5.90. The van der Waals surface area contributed by atoms with Crippen molar-refractivity contribution in [3.8, 4) is 5.75 Å². The van der Waals surface area contributed by atoms with Gasteiger partial charge in [-0.05, 0) is 25.1 Å². The lowest BCUT2D eigenvalue weighted by Gasteiger charge is -2.12. The Labute approximate surface area is 112 Å². The summed E-state index contributed by atoms with van der Waals surface area (Å²) in [6, 6.07) is 2.77. The van der Waals surface area contributed by atoms with E-state index in [4.69, 9.17) is 0 Å². The van der Waals surface area contributed by atoms with E-state index in [2.05, 4.69) is 23.4 Å². The molecule has 1 N–H and O–H groups in total. The molecule has 102 valence electrons. The zero-order chi connectivity index (χ0) is 13.6. The summed E-state index contributed by atoms with van der Waals surface area (Å²) in [4.78, 5) is 2.29. The summed E-state index contributed by atoms with van der Waals surface area (Å²) < 4.78 is 15.7. The molecule has 0 saturated heterocycles. The van der Waals surface area contributed by atoms with Crippen LogP contribution in [-0.2, 0) is 19.4 Å². The minimum absolute atomic E-state index is 0.0560. The molecule has 3 rings (SSSR count). The molecule has 0 unspecified atom stereocenters. The minimum atomic E-state index is -0.363. The van der Waals surface area contributed by atoms with E-state index < -0.39 is 0 Å². The summed E-state index contributed by atoms with van der Waals surface area (Å²) in [5, 5.41) is 11.0. The SMILES string of the molecule is CCc1c2n(c3c(O)cc(F)cc13)CCN(C)CC2. The fraction of sp³-hybridized carbons (Fsp3) is 0.467. The Morgan fingerprint density at radius 2 is 2.05 bits per heavy atom. The Kier molecular flexibility index (Phi) is 2.97. The molecule has 0 bridgehead atoms. The quantitative estimate of drug-likeness (QED) is 0.855. The predicted molar refractivity (Wildman–Crippen MR) is 74.1 cm³/mol. The number of nitrogens with zero attached hydrogens (tertiary/aromatic N) is 2. The fourth-order valence-corrected chi connectivity index (χ4v) is 3.16. The number of benzene rings is 1. The molecule has 0 saturated carbocycles. The number of hydrogen-bond donors (Lipinski definition) is 1. The molecule has 19 heavy (non-hydrogen) atoms. The predicted octanol–water partition coefficient (Wildman–Crippen LogP) is 2.54. The van der Waals surface area contributed by atoms with Crippen LogP contribution in [0.15, 0.2) is 12.1 Å². The Bertz CT molecular complexity index is 633. The number of aryl methyl sites for hydroxylation is 1. The van der Waals surface area contributed by atoms with Gasteiger partial charge in [-0.3, -0.25) is 0 Å². The number of halogens is 1. The summed E-state index contributed by atoms with van der Waals surface area (Å²) in [5.41, 5.74) is 3.23. The number of likely N-dealkylation sites (N-methyl/N-ethyl adjacent to an activating group) is 1. The van der Waals surface area contributed by atoms with E-state index in [1.807, 2.05) is 0 Å². The molecule has 0 atom stereocenters. The lowest BCUT2D eigenvalue weighted by molar-refractivity contribution is 0.342. The van der Waals surface area contributed by atoms with Crippen LogP contribution in [-0.4, -0.2) is 34.7 Å². The van der Waals surface area contributed by atoms with Gasteiger partial charge in [-0.25, -0.2) is 4.39 Å². The fourth-order valence-electron chi connectivity index (χ4n) is 3.16. The van der Waals surface area contributed by atoms with Crippen molar-refractivity contribution in [1.29, 1.82) is 0 Å². The third-order valence-electron chi connectivity index (χ3n) is 4.11. The van der Waals surface area contributed by atoms with Crippen LogP contribution >= 0.6 is 0 Å². The molecule has 1 aromatic heterocycles. The third kappa shape index (κ3) is 1.91. The van der Waals surface area contributed by atoms with Crippen molar-refractivity contribution in [3.63, 3.8) is 0 Å². The van der Waals surface area contributed by atoms with Crippen molar-refractivity contribution in [2.24, 2.45) is 0 Å². The van der Waals surface area contributed by atoms with Crippen LogP contribution in [0.1, 0.15) is 18.2 Å². The number of hydrogen-bond acceptors (Lipinski definition) is 2. The van der Waals surface area contributed by atoms with Crippen molar-refractivity contribution in [2.75, 3.05) is 20.1 Å². The van der Waals surface area contributed by atoms with E-state index in [0.29, 0.717) is 0 Å². The number of phenols is 1. The first-order valence-corrected chi connectivity index (χ1v) is 6.82. The number of phenolic OH excluding ortho intramolecular Hbond substituents is 1. The lowest BCUT2D eigenvalue weighted by Crippen LogP contribution is -2.21. The minimum Gasteiger partial charge on any atom is -0.506 e. The molecule has 0 aliphatic carbocycles. The molecule has 1 aliphatic heterocycles. The van der Waals surface area contributed by atoms with Gasteiger partial charge in [0.1, 0.15) is 11.6 Å². The van der Waals surface area contributed by atoms with Crippen molar-refractivity contribution >= 4 is 10.9 Å². The summed E-state index contributed by atoms with van der Waals surface area (Å²) in [6.45, 7) is 4.90. The van der Waals surface area contributed by atoms with E-state index in [1.165, 1.54) is 17.3 Å². The van der Waals surface area contributed by atoms with Gasteiger partial charge in [-0.15, -0.1) is 0 Å². The van der Waals surface area contributed by atoms with Crippen LogP contribution in [0.4, 0.5) is 4.39 Å². The molecule has 3 nitrogen and oxygen atoms in total. The molecule has 0 fully saturated rings. The average molecular weight is 262 g/mol. The molecule has 0 radical (unpaired) electrons. The molecule has 2 heterocycles. The number of aromatic nitrogens is 1. The van der Waals surface area contributed by atoms with E-state index >= 15 is 0 Å². The maximum Gasteiger partial charge on any atom is 0.142 e. The van der Waals surface area contributed by atoms with Gasteiger partial charge in [-0.1, -0.05) is 6.92 Å². The first kappa shape index (κ1) is 12.5. The van der Waals surface area contributed by atoms with Crippen molar-refractivity contribution < 1.29 is 9.50 Å². The van der Waals surface area contributed by atoms with Gasteiger partial charge in [0.15, 0.2) is 0 Å². The van der Waals surface area contributed by atoms with E-state index in [0.717, 1.165) is 43.4 Å². The van der Waals surface area contributed by atoms with Gasteiger partial charge < -0.3 is 14.6 Å². The first-order valence-electron chi connectivity index (χ1n) is 6.82. The first-order chi connectivity index (χ1) is 9.11. The molecule has 2 aromatic rings. The number of fused-ring (bicyclic) bond motifs is 3. The second-order valence-corrected chi connectivity index (χ2v) is 5.30. The second kappa shape index (κ2) is 4.53. The van der Waals surface area contributed by atoms with Crippen LogP contribution in [0.5, 0.6) is 5.75 Å². The zero-order valence-electron chi connectivity index (χ0n) is 11.4. The Balaban J connectivity index is 2.31. The highest BCUT2D eigenvalue weighted by Gasteiger charge is 2.21. The summed E-state index contributed by atoms with van der Waals surface area (Å²) >= 11 is 0. The van der Waals surface area contributed by atoms with Gasteiger partial charge >= 0.3 is 0 Å². The van der Waals surface area contributed by atoms with Crippen LogP contribution in [0.25, 0.3) is 10.9 Å². The molecule has 0 spiro atoms. The second-order valence-electron chi connectivity index (χ2n) is 5.30. The highest BCUT2D eigenvalue weighted by atomic mass is 19.1.